The average Bonchev–Trinajstić information content (AvgIpc) is 2.96. The van der Waals surface area contributed by atoms with Crippen LogP contribution in [-0.4, -0.2) is 51.4 Å². The zero-order valence-corrected chi connectivity index (χ0v) is 14.5. The highest BCUT2D eigenvalue weighted by molar-refractivity contribution is 8.13. The molecule has 7 heteroatoms. The van der Waals surface area contributed by atoms with Crippen LogP contribution < -0.4 is 4.74 Å². The minimum Gasteiger partial charge on any atom is -0.488 e. The van der Waals surface area contributed by atoms with Crippen LogP contribution >= 0.6 is 11.8 Å². The Morgan fingerprint density at radius 1 is 1.33 bits per heavy atom. The van der Waals surface area contributed by atoms with Crippen LogP contribution in [0.5, 0.6) is 5.75 Å². The number of thioether (sulfide) groups is 1. The lowest BCUT2D eigenvalue weighted by Gasteiger charge is -2.27. The predicted octanol–water partition coefficient (Wildman–Crippen LogP) is 2.04. The standard InChI is InChI=1S/C17H21NO5S/c1-11(10-24-12(2)19)16(20)18-9-8-14(15(18)17(21)22)23-13-6-4-3-5-7-13/h3-7,11,14-15H,8-10H2,1-2H3,(H,21,22). The summed E-state index contributed by atoms with van der Waals surface area (Å²) in [6.07, 6.45) is -0.119. The van der Waals surface area contributed by atoms with Gasteiger partial charge in [-0.15, -0.1) is 0 Å². The fourth-order valence-corrected chi connectivity index (χ4v) is 3.32. The van der Waals surface area contributed by atoms with Crippen molar-refractivity contribution in [3.05, 3.63) is 30.3 Å². The molecule has 0 radical (unpaired) electrons. The molecule has 1 fully saturated rings. The number of carbonyl (C=O) groups is 3. The fourth-order valence-electron chi connectivity index (χ4n) is 2.70. The van der Waals surface area contributed by atoms with Gasteiger partial charge in [-0.2, -0.15) is 0 Å². The number of benzene rings is 1. The van der Waals surface area contributed by atoms with E-state index in [9.17, 15) is 19.5 Å². The summed E-state index contributed by atoms with van der Waals surface area (Å²) >= 11 is 1.07. The SMILES string of the molecule is CC(=O)SCC(C)C(=O)N1CCC(Oc2ccccc2)C1C(=O)O. The number of ether oxygens (including phenoxy) is 1. The van der Waals surface area contributed by atoms with Gasteiger partial charge in [0.1, 0.15) is 11.9 Å². The molecule has 1 N–H and O–H groups in total. The Morgan fingerprint density at radius 2 is 2.00 bits per heavy atom. The van der Waals surface area contributed by atoms with Gasteiger partial charge in [-0.1, -0.05) is 36.9 Å². The molecular weight excluding hydrogens is 330 g/mol. The van der Waals surface area contributed by atoms with E-state index in [1.165, 1.54) is 11.8 Å². The molecule has 6 nitrogen and oxygen atoms in total. The molecule has 1 saturated heterocycles. The van der Waals surface area contributed by atoms with E-state index in [1.54, 1.807) is 19.1 Å². The van der Waals surface area contributed by atoms with Crippen LogP contribution in [0.3, 0.4) is 0 Å². The highest BCUT2D eigenvalue weighted by atomic mass is 32.2. The topological polar surface area (TPSA) is 83.9 Å². The minimum absolute atomic E-state index is 0.0591. The first-order valence-electron chi connectivity index (χ1n) is 7.78. The first kappa shape index (κ1) is 18.3. The molecule has 2 rings (SSSR count). The Kier molecular flexibility index (Phi) is 6.25. The maximum absolute atomic E-state index is 12.6. The number of rotatable bonds is 6. The summed E-state index contributed by atoms with van der Waals surface area (Å²) in [7, 11) is 0. The lowest BCUT2D eigenvalue weighted by Crippen LogP contribution is -2.48. The van der Waals surface area contributed by atoms with E-state index in [0.29, 0.717) is 24.5 Å². The van der Waals surface area contributed by atoms with Crippen molar-refractivity contribution >= 4 is 28.8 Å². The van der Waals surface area contributed by atoms with Crippen LogP contribution in [0.2, 0.25) is 0 Å². The number of likely N-dealkylation sites (tertiary alicyclic amines) is 1. The van der Waals surface area contributed by atoms with Crippen molar-refractivity contribution in [2.45, 2.75) is 32.4 Å². The summed E-state index contributed by atoms with van der Waals surface area (Å²) in [6.45, 7) is 3.49. The largest absolute Gasteiger partial charge is 0.488 e. The molecule has 1 heterocycles. The quantitative estimate of drug-likeness (QED) is 0.844. The number of carboxylic acids is 1. The zero-order valence-electron chi connectivity index (χ0n) is 13.7. The Balaban J connectivity index is 2.06. The van der Waals surface area contributed by atoms with E-state index in [4.69, 9.17) is 4.74 Å². The average molecular weight is 351 g/mol. The molecule has 3 atom stereocenters. The molecule has 0 saturated carbocycles. The normalized spacial score (nSPS) is 21.3. The minimum atomic E-state index is -1.08. The lowest BCUT2D eigenvalue weighted by molar-refractivity contribution is -0.151. The molecule has 3 unspecified atom stereocenters. The van der Waals surface area contributed by atoms with Gasteiger partial charge in [0.15, 0.2) is 11.2 Å². The van der Waals surface area contributed by atoms with E-state index in [-0.39, 0.29) is 11.0 Å². The molecule has 1 aliphatic heterocycles. The molecule has 1 aromatic carbocycles. The first-order chi connectivity index (χ1) is 11.4. The van der Waals surface area contributed by atoms with Gasteiger partial charge in [0.25, 0.3) is 0 Å². The second-order valence-electron chi connectivity index (χ2n) is 5.78. The van der Waals surface area contributed by atoms with Crippen molar-refractivity contribution in [3.63, 3.8) is 0 Å². The molecule has 0 aliphatic carbocycles. The second kappa shape index (κ2) is 8.19. The Hall–Kier alpha value is -2.02. The lowest BCUT2D eigenvalue weighted by atomic mass is 10.1. The fraction of sp³-hybridized carbons (Fsp3) is 0.471. The molecule has 1 aliphatic rings. The second-order valence-corrected chi connectivity index (χ2v) is 6.97. The Labute approximate surface area is 145 Å². The molecule has 130 valence electrons. The van der Waals surface area contributed by atoms with Crippen molar-refractivity contribution in [3.8, 4) is 5.75 Å². The molecule has 0 spiro atoms. The van der Waals surface area contributed by atoms with Crippen LogP contribution in [0.4, 0.5) is 0 Å². The number of nitrogens with zero attached hydrogens (tertiary/aromatic N) is 1. The van der Waals surface area contributed by atoms with E-state index in [0.717, 1.165) is 11.8 Å². The highest BCUT2D eigenvalue weighted by Gasteiger charge is 2.44. The number of aliphatic carboxylic acids is 1. The van der Waals surface area contributed by atoms with Gasteiger partial charge in [-0.3, -0.25) is 9.59 Å². The van der Waals surface area contributed by atoms with Crippen molar-refractivity contribution in [1.82, 2.24) is 4.90 Å². The van der Waals surface area contributed by atoms with Crippen molar-refractivity contribution in [2.75, 3.05) is 12.3 Å². The summed E-state index contributed by atoms with van der Waals surface area (Å²) in [4.78, 5) is 36.6. The number of amides is 1. The monoisotopic (exact) mass is 351 g/mol. The number of carboxylic acid groups (broad SMARTS) is 1. The van der Waals surface area contributed by atoms with Gasteiger partial charge < -0.3 is 14.7 Å². The number of carbonyl (C=O) groups excluding carboxylic acids is 2. The van der Waals surface area contributed by atoms with Crippen LogP contribution in [0.15, 0.2) is 30.3 Å². The summed E-state index contributed by atoms with van der Waals surface area (Å²) in [5, 5.41) is 9.49. The maximum Gasteiger partial charge on any atom is 0.330 e. The smallest absolute Gasteiger partial charge is 0.330 e. The van der Waals surface area contributed by atoms with Crippen molar-refractivity contribution < 1.29 is 24.2 Å². The van der Waals surface area contributed by atoms with Crippen LogP contribution in [-0.2, 0) is 14.4 Å². The molecule has 0 aromatic heterocycles. The number of hydrogen-bond donors (Lipinski definition) is 1. The summed E-state index contributed by atoms with van der Waals surface area (Å²) < 4.78 is 5.77. The summed E-state index contributed by atoms with van der Waals surface area (Å²) in [5.74, 6) is -0.815. The van der Waals surface area contributed by atoms with Gasteiger partial charge in [0.2, 0.25) is 5.91 Å². The Bertz CT molecular complexity index is 606. The van der Waals surface area contributed by atoms with E-state index in [2.05, 4.69) is 0 Å². The van der Waals surface area contributed by atoms with Crippen molar-refractivity contribution in [1.29, 1.82) is 0 Å². The number of para-hydroxylation sites is 1. The predicted molar refractivity (Wildman–Crippen MR) is 90.9 cm³/mol. The zero-order chi connectivity index (χ0) is 17.7. The Morgan fingerprint density at radius 3 is 2.58 bits per heavy atom. The number of hydrogen-bond acceptors (Lipinski definition) is 5. The highest BCUT2D eigenvalue weighted by Crippen LogP contribution is 2.26. The molecule has 1 aromatic rings. The molecular formula is C17H21NO5S. The van der Waals surface area contributed by atoms with E-state index in [1.807, 2.05) is 18.2 Å². The van der Waals surface area contributed by atoms with Crippen LogP contribution in [0.1, 0.15) is 20.3 Å². The molecule has 0 bridgehead atoms. The third-order valence-electron chi connectivity index (χ3n) is 3.87. The molecule has 1 amide bonds. The van der Waals surface area contributed by atoms with Gasteiger partial charge >= 0.3 is 5.97 Å². The van der Waals surface area contributed by atoms with E-state index >= 15 is 0 Å². The first-order valence-corrected chi connectivity index (χ1v) is 8.77. The van der Waals surface area contributed by atoms with Crippen molar-refractivity contribution in [2.24, 2.45) is 5.92 Å². The molecule has 24 heavy (non-hydrogen) atoms. The van der Waals surface area contributed by atoms with Gasteiger partial charge in [-0.25, -0.2) is 4.79 Å². The van der Waals surface area contributed by atoms with Crippen LogP contribution in [0.25, 0.3) is 0 Å². The van der Waals surface area contributed by atoms with Gasteiger partial charge in [0, 0.05) is 31.6 Å². The maximum atomic E-state index is 12.6. The van der Waals surface area contributed by atoms with Gasteiger partial charge in [-0.05, 0) is 12.1 Å². The summed E-state index contributed by atoms with van der Waals surface area (Å²) in [6, 6.07) is 7.97. The third kappa shape index (κ3) is 4.50. The summed E-state index contributed by atoms with van der Waals surface area (Å²) in [5.41, 5.74) is 0. The van der Waals surface area contributed by atoms with E-state index < -0.39 is 24.0 Å². The van der Waals surface area contributed by atoms with Gasteiger partial charge in [0.05, 0.1) is 0 Å². The van der Waals surface area contributed by atoms with Crippen LogP contribution in [0, 0.1) is 5.92 Å². The third-order valence-corrected chi connectivity index (χ3v) is 4.94.